The molecule has 0 N–H and O–H groups in total. The molecule has 2 saturated carbocycles. The van der Waals surface area contributed by atoms with E-state index in [0.29, 0.717) is 17.5 Å². The van der Waals surface area contributed by atoms with Crippen molar-refractivity contribution in [3.05, 3.63) is 0 Å². The van der Waals surface area contributed by atoms with E-state index in [9.17, 15) is 0 Å². The molecule has 2 aliphatic carbocycles. The van der Waals surface area contributed by atoms with Crippen LogP contribution >= 0.6 is 0 Å². The van der Waals surface area contributed by atoms with Gasteiger partial charge < -0.3 is 0 Å². The van der Waals surface area contributed by atoms with Crippen LogP contribution in [0.2, 0.25) is 0 Å². The number of hydrogen-bond acceptors (Lipinski definition) is 2. The normalized spacial score (nSPS) is 55.8. The molecule has 2 bridgehead atoms. The van der Waals surface area contributed by atoms with Crippen molar-refractivity contribution in [1.29, 1.82) is 0 Å². The van der Waals surface area contributed by atoms with E-state index in [1.807, 2.05) is 0 Å². The maximum Gasteiger partial charge on any atom is 0.0811 e. The standard InChI is InChI=1S/C9H14N2/c1-9(2)7-5-3-4-6(5)8(9)11-10-7/h5-8H,3-4H2,1-2H3/t5-,6+,7-,8+. The highest BCUT2D eigenvalue weighted by atomic mass is 15.2. The van der Waals surface area contributed by atoms with E-state index in [1.165, 1.54) is 12.8 Å². The molecule has 2 nitrogen and oxygen atoms in total. The van der Waals surface area contributed by atoms with E-state index in [2.05, 4.69) is 24.1 Å². The average Bonchev–Trinajstić information content (AvgIpc) is 2.17. The van der Waals surface area contributed by atoms with Gasteiger partial charge in [-0.2, -0.15) is 10.2 Å². The lowest BCUT2D eigenvalue weighted by Gasteiger charge is -2.35. The molecule has 0 spiro atoms. The van der Waals surface area contributed by atoms with Crippen LogP contribution in [0.5, 0.6) is 0 Å². The fourth-order valence-electron chi connectivity index (χ4n) is 3.23. The fourth-order valence-corrected chi connectivity index (χ4v) is 3.23. The van der Waals surface area contributed by atoms with E-state index in [1.54, 1.807) is 0 Å². The van der Waals surface area contributed by atoms with Gasteiger partial charge in [0.25, 0.3) is 0 Å². The Labute approximate surface area is 67.1 Å². The first-order valence-electron chi connectivity index (χ1n) is 4.61. The van der Waals surface area contributed by atoms with Crippen LogP contribution in [0, 0.1) is 17.3 Å². The molecule has 0 radical (unpaired) electrons. The summed E-state index contributed by atoms with van der Waals surface area (Å²) in [5, 5.41) is 8.73. The summed E-state index contributed by atoms with van der Waals surface area (Å²) in [6.45, 7) is 4.67. The molecule has 2 fully saturated rings. The lowest BCUT2D eigenvalue weighted by Crippen LogP contribution is -2.32. The topological polar surface area (TPSA) is 24.7 Å². The molecule has 0 amide bonds. The summed E-state index contributed by atoms with van der Waals surface area (Å²) in [5.41, 5.74) is 0.395. The quantitative estimate of drug-likeness (QED) is 0.506. The molecule has 1 aliphatic heterocycles. The van der Waals surface area contributed by atoms with Crippen LogP contribution in [-0.2, 0) is 0 Å². The molecule has 11 heavy (non-hydrogen) atoms. The minimum atomic E-state index is 0.395. The Balaban J connectivity index is 2.07. The first kappa shape index (κ1) is 6.15. The van der Waals surface area contributed by atoms with Gasteiger partial charge in [-0.15, -0.1) is 0 Å². The maximum absolute atomic E-state index is 4.36. The minimum absolute atomic E-state index is 0.395. The molecule has 0 saturated heterocycles. The van der Waals surface area contributed by atoms with Crippen molar-refractivity contribution < 1.29 is 0 Å². The first-order chi connectivity index (χ1) is 5.21. The second-order valence-corrected chi connectivity index (χ2v) is 4.85. The molecule has 0 aromatic heterocycles. The van der Waals surface area contributed by atoms with Crippen LogP contribution < -0.4 is 0 Å². The molecule has 0 aromatic carbocycles. The first-order valence-corrected chi connectivity index (χ1v) is 4.61. The van der Waals surface area contributed by atoms with Gasteiger partial charge in [-0.1, -0.05) is 13.8 Å². The van der Waals surface area contributed by atoms with Crippen molar-refractivity contribution in [3.8, 4) is 0 Å². The summed E-state index contributed by atoms with van der Waals surface area (Å²) in [6, 6.07) is 1.15. The molecule has 3 rings (SSSR count). The summed E-state index contributed by atoms with van der Waals surface area (Å²) in [4.78, 5) is 0. The van der Waals surface area contributed by atoms with Crippen molar-refractivity contribution in [1.82, 2.24) is 0 Å². The third kappa shape index (κ3) is 0.491. The Hall–Kier alpha value is -0.400. The van der Waals surface area contributed by atoms with Crippen LogP contribution in [0.25, 0.3) is 0 Å². The van der Waals surface area contributed by atoms with Gasteiger partial charge in [0.1, 0.15) is 0 Å². The summed E-state index contributed by atoms with van der Waals surface area (Å²) in [6.07, 6.45) is 2.82. The van der Waals surface area contributed by atoms with Gasteiger partial charge in [0.05, 0.1) is 12.1 Å². The Morgan fingerprint density at radius 1 is 1.00 bits per heavy atom. The second-order valence-electron chi connectivity index (χ2n) is 4.85. The van der Waals surface area contributed by atoms with Gasteiger partial charge in [-0.05, 0) is 24.7 Å². The molecular formula is C9H14N2. The van der Waals surface area contributed by atoms with E-state index < -0.39 is 0 Å². The second kappa shape index (κ2) is 1.52. The average molecular weight is 150 g/mol. The monoisotopic (exact) mass is 150 g/mol. The lowest BCUT2D eigenvalue weighted by molar-refractivity contribution is 0.167. The zero-order valence-corrected chi connectivity index (χ0v) is 7.12. The Kier molecular flexibility index (Phi) is 0.851. The SMILES string of the molecule is CC1(C)[C@@H]2N=N[C@H]1[C@H]1CC[C@H]12. The summed E-state index contributed by atoms with van der Waals surface area (Å²) >= 11 is 0. The zero-order chi connectivity index (χ0) is 7.64. The van der Waals surface area contributed by atoms with Crippen LogP contribution in [0.3, 0.4) is 0 Å². The summed E-state index contributed by atoms with van der Waals surface area (Å²) in [5.74, 6) is 1.82. The van der Waals surface area contributed by atoms with E-state index >= 15 is 0 Å². The van der Waals surface area contributed by atoms with E-state index in [4.69, 9.17) is 0 Å². The summed E-state index contributed by atoms with van der Waals surface area (Å²) < 4.78 is 0. The number of rotatable bonds is 0. The third-order valence-corrected chi connectivity index (χ3v) is 4.03. The molecular weight excluding hydrogens is 136 g/mol. The number of nitrogens with zero attached hydrogens (tertiary/aromatic N) is 2. The molecule has 2 heteroatoms. The molecule has 4 atom stereocenters. The Bertz CT molecular complexity index is 210. The zero-order valence-electron chi connectivity index (χ0n) is 7.12. The number of azo groups is 1. The number of hydrogen-bond donors (Lipinski definition) is 0. The molecule has 0 unspecified atom stereocenters. The van der Waals surface area contributed by atoms with Crippen molar-refractivity contribution in [2.24, 2.45) is 27.5 Å². The number of fused-ring (bicyclic) bond motifs is 5. The van der Waals surface area contributed by atoms with Crippen molar-refractivity contribution >= 4 is 0 Å². The lowest BCUT2D eigenvalue weighted by atomic mass is 9.73. The van der Waals surface area contributed by atoms with Gasteiger partial charge in [-0.25, -0.2) is 0 Å². The van der Waals surface area contributed by atoms with Crippen LogP contribution in [0.1, 0.15) is 26.7 Å². The largest absolute Gasteiger partial charge is 0.190 e. The van der Waals surface area contributed by atoms with Gasteiger partial charge in [-0.3, -0.25) is 0 Å². The van der Waals surface area contributed by atoms with Crippen molar-refractivity contribution in [2.45, 2.75) is 38.8 Å². The highest BCUT2D eigenvalue weighted by Crippen LogP contribution is 2.61. The fraction of sp³-hybridized carbons (Fsp3) is 1.00. The van der Waals surface area contributed by atoms with Gasteiger partial charge in [0, 0.05) is 5.41 Å². The molecule has 1 heterocycles. The van der Waals surface area contributed by atoms with E-state index in [0.717, 1.165) is 11.8 Å². The highest BCUT2D eigenvalue weighted by molar-refractivity contribution is 5.16. The summed E-state index contributed by atoms with van der Waals surface area (Å²) in [7, 11) is 0. The predicted octanol–water partition coefficient (Wildman–Crippen LogP) is 2.26. The van der Waals surface area contributed by atoms with E-state index in [-0.39, 0.29) is 0 Å². The predicted molar refractivity (Wildman–Crippen MR) is 42.4 cm³/mol. The van der Waals surface area contributed by atoms with Crippen molar-refractivity contribution in [3.63, 3.8) is 0 Å². The van der Waals surface area contributed by atoms with Crippen molar-refractivity contribution in [2.75, 3.05) is 0 Å². The Morgan fingerprint density at radius 3 is 1.73 bits per heavy atom. The van der Waals surface area contributed by atoms with Gasteiger partial charge in [0.15, 0.2) is 0 Å². The van der Waals surface area contributed by atoms with Gasteiger partial charge >= 0.3 is 0 Å². The molecule has 0 aromatic rings. The molecule has 3 aliphatic rings. The Morgan fingerprint density at radius 2 is 1.45 bits per heavy atom. The van der Waals surface area contributed by atoms with Crippen LogP contribution in [0.4, 0.5) is 0 Å². The highest BCUT2D eigenvalue weighted by Gasteiger charge is 2.62. The van der Waals surface area contributed by atoms with Crippen LogP contribution in [0.15, 0.2) is 10.2 Å². The van der Waals surface area contributed by atoms with Gasteiger partial charge in [0.2, 0.25) is 0 Å². The van der Waals surface area contributed by atoms with Crippen LogP contribution in [-0.4, -0.2) is 12.1 Å². The minimum Gasteiger partial charge on any atom is -0.190 e. The smallest absolute Gasteiger partial charge is 0.0811 e. The maximum atomic E-state index is 4.36. The molecule has 60 valence electrons. The third-order valence-electron chi connectivity index (χ3n) is 4.03.